The SMILES string of the molecule is CC1CCC(NC(=O)CC2CNCCO2)CC1C. The fraction of sp³-hybridized carbons (Fsp3) is 0.929. The van der Waals surface area contributed by atoms with E-state index in [4.69, 9.17) is 4.74 Å². The van der Waals surface area contributed by atoms with Crippen molar-refractivity contribution in [3.63, 3.8) is 0 Å². The van der Waals surface area contributed by atoms with Crippen LogP contribution in [0.4, 0.5) is 0 Å². The molecule has 1 aliphatic carbocycles. The highest BCUT2D eigenvalue weighted by atomic mass is 16.5. The van der Waals surface area contributed by atoms with Crippen molar-refractivity contribution in [3.8, 4) is 0 Å². The van der Waals surface area contributed by atoms with Gasteiger partial charge in [-0.25, -0.2) is 0 Å². The predicted octanol–water partition coefficient (Wildman–Crippen LogP) is 1.31. The van der Waals surface area contributed by atoms with Gasteiger partial charge in [0.15, 0.2) is 0 Å². The molecule has 104 valence electrons. The van der Waals surface area contributed by atoms with E-state index in [1.807, 2.05) is 0 Å². The summed E-state index contributed by atoms with van der Waals surface area (Å²) in [6.45, 7) is 7.01. The fourth-order valence-corrected chi connectivity index (χ4v) is 2.92. The molecule has 2 N–H and O–H groups in total. The minimum atomic E-state index is 0.0543. The van der Waals surface area contributed by atoms with E-state index in [1.165, 1.54) is 6.42 Å². The first-order valence-corrected chi connectivity index (χ1v) is 7.27. The summed E-state index contributed by atoms with van der Waals surface area (Å²) in [7, 11) is 0. The van der Waals surface area contributed by atoms with Gasteiger partial charge < -0.3 is 15.4 Å². The maximum atomic E-state index is 11.9. The molecular formula is C14H26N2O2. The number of nitrogens with one attached hydrogen (secondary N) is 2. The topological polar surface area (TPSA) is 50.4 Å². The van der Waals surface area contributed by atoms with Crippen LogP contribution in [0.2, 0.25) is 0 Å². The molecule has 2 rings (SSSR count). The Bertz CT molecular complexity index is 277. The Labute approximate surface area is 110 Å². The second kappa shape index (κ2) is 6.53. The van der Waals surface area contributed by atoms with Crippen molar-refractivity contribution >= 4 is 5.91 Å². The summed E-state index contributed by atoms with van der Waals surface area (Å²) in [5.74, 6) is 1.66. The van der Waals surface area contributed by atoms with Gasteiger partial charge in [-0.1, -0.05) is 13.8 Å². The molecule has 4 nitrogen and oxygen atoms in total. The number of morpholine rings is 1. The standard InChI is InChI=1S/C14H26N2O2/c1-10-3-4-12(7-11(10)2)16-14(17)8-13-9-15-5-6-18-13/h10-13,15H,3-9H2,1-2H3,(H,16,17). The lowest BCUT2D eigenvalue weighted by molar-refractivity contribution is -0.125. The average Bonchev–Trinajstić information content (AvgIpc) is 2.35. The summed E-state index contributed by atoms with van der Waals surface area (Å²) in [5.41, 5.74) is 0. The van der Waals surface area contributed by atoms with Gasteiger partial charge in [-0.05, 0) is 31.1 Å². The second-order valence-electron chi connectivity index (χ2n) is 5.93. The van der Waals surface area contributed by atoms with Gasteiger partial charge in [0.1, 0.15) is 0 Å². The summed E-state index contributed by atoms with van der Waals surface area (Å²) in [6.07, 6.45) is 4.03. The molecule has 4 heteroatoms. The molecule has 18 heavy (non-hydrogen) atoms. The monoisotopic (exact) mass is 254 g/mol. The summed E-state index contributed by atoms with van der Waals surface area (Å²) in [6, 6.07) is 0.375. The average molecular weight is 254 g/mol. The molecule has 0 aromatic carbocycles. The van der Waals surface area contributed by atoms with Crippen molar-refractivity contribution in [3.05, 3.63) is 0 Å². The first kappa shape index (κ1) is 13.8. The van der Waals surface area contributed by atoms with Gasteiger partial charge in [-0.3, -0.25) is 4.79 Å². The minimum absolute atomic E-state index is 0.0543. The first-order chi connectivity index (χ1) is 8.65. The van der Waals surface area contributed by atoms with E-state index >= 15 is 0 Å². The molecule has 4 atom stereocenters. The number of carbonyl (C=O) groups is 1. The number of hydrogen-bond acceptors (Lipinski definition) is 3. The molecule has 0 aromatic rings. The van der Waals surface area contributed by atoms with Crippen molar-refractivity contribution in [1.82, 2.24) is 10.6 Å². The maximum absolute atomic E-state index is 11.9. The minimum Gasteiger partial charge on any atom is -0.375 e. The van der Waals surface area contributed by atoms with Crippen LogP contribution in [-0.2, 0) is 9.53 Å². The van der Waals surface area contributed by atoms with Gasteiger partial charge in [0.25, 0.3) is 0 Å². The van der Waals surface area contributed by atoms with Crippen LogP contribution < -0.4 is 10.6 Å². The highest BCUT2D eigenvalue weighted by molar-refractivity contribution is 5.76. The van der Waals surface area contributed by atoms with Crippen molar-refractivity contribution in [2.45, 2.75) is 51.7 Å². The van der Waals surface area contributed by atoms with Crippen LogP contribution in [0.5, 0.6) is 0 Å². The summed E-state index contributed by atoms with van der Waals surface area (Å²) >= 11 is 0. The third-order valence-corrected chi connectivity index (χ3v) is 4.38. The van der Waals surface area contributed by atoms with E-state index < -0.39 is 0 Å². The Kier molecular flexibility index (Phi) is 5.01. The summed E-state index contributed by atoms with van der Waals surface area (Å²) in [5, 5.41) is 6.42. The fourth-order valence-electron chi connectivity index (χ4n) is 2.92. The number of carbonyl (C=O) groups excluding carboxylic acids is 1. The number of ether oxygens (including phenoxy) is 1. The molecule has 1 amide bonds. The third kappa shape index (κ3) is 3.95. The van der Waals surface area contributed by atoms with Gasteiger partial charge in [-0.2, -0.15) is 0 Å². The highest BCUT2D eigenvalue weighted by Crippen LogP contribution is 2.29. The van der Waals surface area contributed by atoms with Crippen molar-refractivity contribution in [1.29, 1.82) is 0 Å². The zero-order valence-corrected chi connectivity index (χ0v) is 11.6. The Morgan fingerprint density at radius 1 is 1.33 bits per heavy atom. The molecule has 1 heterocycles. The Balaban J connectivity index is 1.70. The maximum Gasteiger partial charge on any atom is 0.222 e. The molecule has 0 aromatic heterocycles. The molecule has 0 radical (unpaired) electrons. The number of hydrogen-bond donors (Lipinski definition) is 2. The second-order valence-corrected chi connectivity index (χ2v) is 5.93. The van der Waals surface area contributed by atoms with E-state index in [2.05, 4.69) is 24.5 Å². The van der Waals surface area contributed by atoms with Crippen LogP contribution >= 0.6 is 0 Å². The predicted molar refractivity (Wildman–Crippen MR) is 71.3 cm³/mol. The molecule has 1 aliphatic heterocycles. The van der Waals surface area contributed by atoms with E-state index in [0.29, 0.717) is 12.5 Å². The Morgan fingerprint density at radius 2 is 2.17 bits per heavy atom. The van der Waals surface area contributed by atoms with Gasteiger partial charge in [0.2, 0.25) is 5.91 Å². The number of amides is 1. The molecule has 0 spiro atoms. The summed E-state index contributed by atoms with van der Waals surface area (Å²) in [4.78, 5) is 11.9. The Morgan fingerprint density at radius 3 is 2.83 bits per heavy atom. The Hall–Kier alpha value is -0.610. The van der Waals surface area contributed by atoms with Crippen LogP contribution in [0.3, 0.4) is 0 Å². The van der Waals surface area contributed by atoms with Crippen LogP contribution in [0.15, 0.2) is 0 Å². The van der Waals surface area contributed by atoms with Gasteiger partial charge in [0.05, 0.1) is 19.1 Å². The van der Waals surface area contributed by atoms with Crippen LogP contribution in [-0.4, -0.2) is 37.7 Å². The summed E-state index contributed by atoms with van der Waals surface area (Å²) < 4.78 is 5.55. The molecule has 1 saturated carbocycles. The lowest BCUT2D eigenvalue weighted by atomic mass is 9.79. The molecular weight excluding hydrogens is 228 g/mol. The quantitative estimate of drug-likeness (QED) is 0.798. The van der Waals surface area contributed by atoms with Crippen molar-refractivity contribution in [2.75, 3.05) is 19.7 Å². The van der Waals surface area contributed by atoms with Crippen LogP contribution in [0, 0.1) is 11.8 Å². The third-order valence-electron chi connectivity index (χ3n) is 4.38. The normalized spacial score (nSPS) is 37.2. The van der Waals surface area contributed by atoms with E-state index in [1.54, 1.807) is 0 Å². The van der Waals surface area contributed by atoms with Crippen molar-refractivity contribution in [2.24, 2.45) is 11.8 Å². The van der Waals surface area contributed by atoms with E-state index in [0.717, 1.165) is 44.4 Å². The highest BCUT2D eigenvalue weighted by Gasteiger charge is 2.26. The van der Waals surface area contributed by atoms with Gasteiger partial charge in [-0.15, -0.1) is 0 Å². The lowest BCUT2D eigenvalue weighted by Gasteiger charge is -2.33. The molecule has 2 fully saturated rings. The zero-order chi connectivity index (χ0) is 13.0. The van der Waals surface area contributed by atoms with E-state index in [9.17, 15) is 4.79 Å². The van der Waals surface area contributed by atoms with E-state index in [-0.39, 0.29) is 12.0 Å². The van der Waals surface area contributed by atoms with Crippen LogP contribution in [0.1, 0.15) is 39.5 Å². The largest absolute Gasteiger partial charge is 0.375 e. The van der Waals surface area contributed by atoms with Crippen LogP contribution in [0.25, 0.3) is 0 Å². The molecule has 4 unspecified atom stereocenters. The molecule has 2 aliphatic rings. The zero-order valence-electron chi connectivity index (χ0n) is 11.6. The number of rotatable bonds is 3. The lowest BCUT2D eigenvalue weighted by Crippen LogP contribution is -2.44. The first-order valence-electron chi connectivity index (χ1n) is 7.27. The smallest absolute Gasteiger partial charge is 0.222 e. The molecule has 0 bridgehead atoms. The van der Waals surface area contributed by atoms with Crippen molar-refractivity contribution < 1.29 is 9.53 Å². The van der Waals surface area contributed by atoms with Gasteiger partial charge >= 0.3 is 0 Å². The van der Waals surface area contributed by atoms with Gasteiger partial charge in [0, 0.05) is 19.1 Å². The molecule has 1 saturated heterocycles.